The number of amides is 1. The molecular formula is C26H26N6OS. The average molecular weight is 471 g/mol. The second-order valence-corrected chi connectivity index (χ2v) is 9.51. The van der Waals surface area contributed by atoms with E-state index in [1.54, 1.807) is 11.3 Å². The molecule has 1 unspecified atom stereocenters. The third kappa shape index (κ3) is 4.23. The van der Waals surface area contributed by atoms with Crippen molar-refractivity contribution < 1.29 is 4.79 Å². The molecule has 8 heteroatoms. The van der Waals surface area contributed by atoms with Crippen LogP contribution in [0.5, 0.6) is 0 Å². The van der Waals surface area contributed by atoms with Gasteiger partial charge in [-0.15, -0.1) is 11.3 Å². The van der Waals surface area contributed by atoms with E-state index in [9.17, 15) is 4.79 Å². The summed E-state index contributed by atoms with van der Waals surface area (Å²) in [5, 5.41) is 12.0. The lowest BCUT2D eigenvalue weighted by Gasteiger charge is -2.26. The Morgan fingerprint density at radius 1 is 1.15 bits per heavy atom. The maximum atomic E-state index is 12.9. The molecule has 7 nitrogen and oxygen atoms in total. The highest BCUT2D eigenvalue weighted by atomic mass is 32.1. The number of carbonyl (C=O) groups excluding carboxylic acids is 1. The lowest BCUT2D eigenvalue weighted by molar-refractivity contribution is -0.116. The summed E-state index contributed by atoms with van der Waals surface area (Å²) in [4.78, 5) is 21.2. The first-order valence-electron chi connectivity index (χ1n) is 11.6. The van der Waals surface area contributed by atoms with E-state index in [1.165, 1.54) is 5.69 Å². The minimum Gasteiger partial charge on any atom is -0.370 e. The van der Waals surface area contributed by atoms with Crippen molar-refractivity contribution in [2.75, 3.05) is 36.8 Å². The third-order valence-corrected chi connectivity index (χ3v) is 7.22. The van der Waals surface area contributed by atoms with Crippen LogP contribution in [0, 0.1) is 0 Å². The van der Waals surface area contributed by atoms with Crippen LogP contribution in [0.4, 0.5) is 11.4 Å². The Morgan fingerprint density at radius 3 is 2.94 bits per heavy atom. The number of nitrogens with zero attached hydrogens (tertiary/aromatic N) is 3. The Morgan fingerprint density at radius 2 is 2.03 bits per heavy atom. The predicted octanol–water partition coefficient (Wildman–Crippen LogP) is 3.91. The van der Waals surface area contributed by atoms with E-state index >= 15 is 0 Å². The molecule has 3 N–H and O–H groups in total. The number of carbonyl (C=O) groups is 1. The maximum absolute atomic E-state index is 12.9. The molecule has 0 saturated carbocycles. The van der Waals surface area contributed by atoms with E-state index in [4.69, 9.17) is 4.98 Å². The predicted molar refractivity (Wildman–Crippen MR) is 138 cm³/mol. The van der Waals surface area contributed by atoms with E-state index in [-0.39, 0.29) is 5.91 Å². The fourth-order valence-corrected chi connectivity index (χ4v) is 5.36. The first-order valence-corrected chi connectivity index (χ1v) is 12.4. The first kappa shape index (κ1) is 21.1. The van der Waals surface area contributed by atoms with Gasteiger partial charge in [-0.1, -0.05) is 42.5 Å². The van der Waals surface area contributed by atoms with Crippen molar-refractivity contribution in [3.8, 4) is 11.3 Å². The zero-order valence-corrected chi connectivity index (χ0v) is 19.5. The molecule has 1 amide bonds. The van der Waals surface area contributed by atoms with Crippen molar-refractivity contribution >= 4 is 39.7 Å². The maximum Gasteiger partial charge on any atom is 0.250 e. The van der Waals surface area contributed by atoms with Gasteiger partial charge in [0.1, 0.15) is 6.04 Å². The van der Waals surface area contributed by atoms with E-state index < -0.39 is 6.04 Å². The van der Waals surface area contributed by atoms with Gasteiger partial charge in [-0.05, 0) is 23.8 Å². The van der Waals surface area contributed by atoms with Crippen LogP contribution in [0.25, 0.3) is 22.3 Å². The Bertz CT molecular complexity index is 1370. The number of aromatic nitrogens is 2. The number of fused-ring (bicyclic) bond motifs is 2. The molecule has 0 bridgehead atoms. The standard InChI is InChI=1S/C26H26N6OS/c33-25(23-9-8-18-4-1-2-7-22(18)29-23)28-20-6-3-5-19(14-20)24-16-32-21(17-34-26(32)30-24)15-31-12-10-27-11-13-31/h1-9,14,16-17,23,27,29H,10-13,15H2,(H,28,33). The van der Waals surface area contributed by atoms with Crippen LogP contribution in [0.2, 0.25) is 0 Å². The number of imidazole rings is 1. The van der Waals surface area contributed by atoms with Gasteiger partial charge in [-0.25, -0.2) is 4.98 Å². The molecule has 1 saturated heterocycles. The molecule has 34 heavy (non-hydrogen) atoms. The minimum absolute atomic E-state index is 0.0907. The van der Waals surface area contributed by atoms with Gasteiger partial charge in [0.2, 0.25) is 0 Å². The smallest absolute Gasteiger partial charge is 0.250 e. The summed E-state index contributed by atoms with van der Waals surface area (Å²) in [5.74, 6) is -0.0907. The van der Waals surface area contributed by atoms with Crippen molar-refractivity contribution in [1.29, 1.82) is 0 Å². The summed E-state index contributed by atoms with van der Waals surface area (Å²) in [6.45, 7) is 5.15. The fourth-order valence-electron chi connectivity index (χ4n) is 4.50. The summed E-state index contributed by atoms with van der Waals surface area (Å²) in [5.41, 5.74) is 5.97. The van der Waals surface area contributed by atoms with Gasteiger partial charge in [0.05, 0.1) is 5.69 Å². The molecule has 1 atom stereocenters. The lowest BCUT2D eigenvalue weighted by atomic mass is 10.1. The highest BCUT2D eigenvalue weighted by Crippen LogP contribution is 2.27. The molecule has 0 radical (unpaired) electrons. The molecule has 172 valence electrons. The number of nitrogens with one attached hydrogen (secondary N) is 3. The number of para-hydroxylation sites is 1. The van der Waals surface area contributed by atoms with Crippen LogP contribution in [-0.4, -0.2) is 52.4 Å². The van der Waals surface area contributed by atoms with Crippen LogP contribution in [0.1, 0.15) is 11.3 Å². The average Bonchev–Trinajstić information content (AvgIpc) is 3.46. The molecule has 4 heterocycles. The van der Waals surface area contributed by atoms with Crippen LogP contribution < -0.4 is 16.0 Å². The zero-order valence-electron chi connectivity index (χ0n) is 18.7. The topological polar surface area (TPSA) is 73.7 Å². The summed E-state index contributed by atoms with van der Waals surface area (Å²) in [6.07, 6.45) is 5.99. The van der Waals surface area contributed by atoms with Crippen molar-refractivity contribution in [2.24, 2.45) is 0 Å². The summed E-state index contributed by atoms with van der Waals surface area (Å²) in [6, 6.07) is 15.5. The fraction of sp³-hybridized carbons (Fsp3) is 0.231. The number of hydrogen-bond acceptors (Lipinski definition) is 6. The van der Waals surface area contributed by atoms with Gasteiger partial charge >= 0.3 is 0 Å². The zero-order chi connectivity index (χ0) is 22.9. The summed E-state index contributed by atoms with van der Waals surface area (Å²) < 4.78 is 2.20. The van der Waals surface area contributed by atoms with Gasteiger partial charge in [-0.2, -0.15) is 0 Å². The normalized spacial score (nSPS) is 17.9. The highest BCUT2D eigenvalue weighted by molar-refractivity contribution is 7.15. The van der Waals surface area contributed by atoms with E-state index in [0.29, 0.717) is 0 Å². The largest absolute Gasteiger partial charge is 0.370 e. The van der Waals surface area contributed by atoms with Crippen molar-refractivity contribution in [1.82, 2.24) is 19.6 Å². The molecular weight excluding hydrogens is 444 g/mol. The Kier molecular flexibility index (Phi) is 5.62. The van der Waals surface area contributed by atoms with E-state index in [1.807, 2.05) is 60.7 Å². The summed E-state index contributed by atoms with van der Waals surface area (Å²) >= 11 is 1.67. The first-order chi connectivity index (χ1) is 16.7. The third-order valence-electron chi connectivity index (χ3n) is 6.33. The molecule has 1 fully saturated rings. The Labute approximate surface area is 202 Å². The number of hydrogen-bond donors (Lipinski definition) is 3. The number of benzene rings is 2. The SMILES string of the molecule is O=C(Nc1cccc(-c2cn3c(CN4CCNCC4)csc3n2)c1)C1C=Cc2ccccc2N1. The van der Waals surface area contributed by atoms with E-state index in [0.717, 1.165) is 65.9 Å². The highest BCUT2D eigenvalue weighted by Gasteiger charge is 2.20. The van der Waals surface area contributed by atoms with Crippen molar-refractivity contribution in [3.05, 3.63) is 77.4 Å². The number of rotatable bonds is 5. The van der Waals surface area contributed by atoms with E-state index in [2.05, 4.69) is 36.8 Å². The monoisotopic (exact) mass is 470 g/mol. The molecule has 2 aromatic heterocycles. The van der Waals surface area contributed by atoms with Crippen LogP contribution in [-0.2, 0) is 11.3 Å². The molecule has 0 spiro atoms. The van der Waals surface area contributed by atoms with Crippen molar-refractivity contribution in [3.63, 3.8) is 0 Å². The molecule has 2 aromatic carbocycles. The second-order valence-electron chi connectivity index (χ2n) is 8.67. The van der Waals surface area contributed by atoms with Gasteiger partial charge in [-0.3, -0.25) is 14.1 Å². The number of thiazole rings is 1. The van der Waals surface area contributed by atoms with Gasteiger partial charge in [0, 0.05) is 66.9 Å². The molecule has 0 aliphatic carbocycles. The number of piperazine rings is 1. The molecule has 2 aliphatic rings. The van der Waals surface area contributed by atoms with Gasteiger partial charge in [0.25, 0.3) is 5.91 Å². The van der Waals surface area contributed by atoms with Crippen LogP contribution in [0.3, 0.4) is 0 Å². The van der Waals surface area contributed by atoms with Crippen molar-refractivity contribution in [2.45, 2.75) is 12.6 Å². The minimum atomic E-state index is -0.413. The second kappa shape index (κ2) is 9.06. The lowest BCUT2D eigenvalue weighted by Crippen LogP contribution is -2.43. The van der Waals surface area contributed by atoms with Crippen LogP contribution in [0.15, 0.2) is 66.2 Å². The van der Waals surface area contributed by atoms with Crippen LogP contribution >= 0.6 is 11.3 Å². The van der Waals surface area contributed by atoms with Gasteiger partial charge < -0.3 is 16.0 Å². The Balaban J connectivity index is 1.18. The molecule has 2 aliphatic heterocycles. The quantitative estimate of drug-likeness (QED) is 0.412. The molecule has 6 rings (SSSR count). The number of anilines is 2. The Hall–Kier alpha value is -3.46. The molecule has 4 aromatic rings. The summed E-state index contributed by atoms with van der Waals surface area (Å²) in [7, 11) is 0. The van der Waals surface area contributed by atoms with Gasteiger partial charge in [0.15, 0.2) is 4.96 Å².